The molecule has 1 amide bonds. The number of carbonyl (C=O) groups excluding carboxylic acids is 1. The fourth-order valence-electron chi connectivity index (χ4n) is 3.31. The maximum Gasteiger partial charge on any atom is 0.237 e. The third-order valence-corrected chi connectivity index (χ3v) is 5.24. The van der Waals surface area contributed by atoms with E-state index in [0.717, 1.165) is 11.9 Å². The minimum absolute atomic E-state index is 0. The lowest BCUT2D eigenvalue weighted by atomic mass is 9.90. The average molecular weight is 386 g/mol. The molecule has 27 heavy (non-hydrogen) atoms. The van der Waals surface area contributed by atoms with Crippen LogP contribution < -0.4 is 11.1 Å². The summed E-state index contributed by atoms with van der Waals surface area (Å²) in [6.45, 7) is 4.59. The highest BCUT2D eigenvalue weighted by atomic mass is 35.5. The number of para-hydroxylation sites is 1. The van der Waals surface area contributed by atoms with Crippen LogP contribution in [0.4, 0.5) is 0 Å². The Labute approximate surface area is 167 Å². The lowest BCUT2D eigenvalue weighted by Crippen LogP contribution is -2.45. The standard InChI is InChI=1S/C22H27N3O.ClH/c1-3-15(2)21(23)22(26)25-13-18(16-9-5-4-6-10-16)19-14-24-20-12-8-7-11-17(19)20;/h4-12,14-15,18,21,24H,3,13,23H2,1-2H3,(H,25,26);1H. The Hall–Kier alpha value is -2.30. The molecule has 0 bridgehead atoms. The second-order valence-corrected chi connectivity index (χ2v) is 6.91. The van der Waals surface area contributed by atoms with Crippen LogP contribution in [-0.4, -0.2) is 23.5 Å². The highest BCUT2D eigenvalue weighted by Gasteiger charge is 2.23. The second-order valence-electron chi connectivity index (χ2n) is 6.91. The fraction of sp³-hybridized carbons (Fsp3) is 0.318. The minimum atomic E-state index is -0.473. The number of aromatic amines is 1. The molecule has 0 saturated carbocycles. The Morgan fingerprint density at radius 2 is 1.78 bits per heavy atom. The number of H-pyrrole nitrogens is 1. The van der Waals surface area contributed by atoms with Crippen LogP contribution in [0.1, 0.15) is 37.3 Å². The third-order valence-electron chi connectivity index (χ3n) is 5.24. The molecule has 0 aliphatic carbocycles. The van der Waals surface area contributed by atoms with Gasteiger partial charge in [0.2, 0.25) is 5.91 Å². The predicted molar refractivity (Wildman–Crippen MR) is 114 cm³/mol. The van der Waals surface area contributed by atoms with Gasteiger partial charge in [0.1, 0.15) is 0 Å². The zero-order chi connectivity index (χ0) is 18.5. The third kappa shape index (κ3) is 4.71. The van der Waals surface area contributed by atoms with Crippen molar-refractivity contribution in [1.29, 1.82) is 0 Å². The summed E-state index contributed by atoms with van der Waals surface area (Å²) in [4.78, 5) is 15.8. The molecule has 1 heterocycles. The van der Waals surface area contributed by atoms with Crippen LogP contribution in [0.3, 0.4) is 0 Å². The lowest BCUT2D eigenvalue weighted by molar-refractivity contribution is -0.123. The minimum Gasteiger partial charge on any atom is -0.361 e. The first-order valence-electron chi connectivity index (χ1n) is 9.26. The van der Waals surface area contributed by atoms with Gasteiger partial charge in [-0.25, -0.2) is 0 Å². The highest BCUT2D eigenvalue weighted by Crippen LogP contribution is 2.30. The van der Waals surface area contributed by atoms with Gasteiger partial charge in [0, 0.05) is 29.6 Å². The summed E-state index contributed by atoms with van der Waals surface area (Å²) in [5, 5.41) is 4.25. The zero-order valence-corrected chi connectivity index (χ0v) is 16.6. The molecule has 5 heteroatoms. The van der Waals surface area contributed by atoms with Crippen LogP contribution in [0.15, 0.2) is 60.8 Å². The van der Waals surface area contributed by atoms with Crippen LogP contribution in [0, 0.1) is 5.92 Å². The van der Waals surface area contributed by atoms with Crippen LogP contribution in [0.2, 0.25) is 0 Å². The van der Waals surface area contributed by atoms with Gasteiger partial charge in [-0.15, -0.1) is 12.4 Å². The molecule has 0 aliphatic heterocycles. The summed E-state index contributed by atoms with van der Waals surface area (Å²) in [5.74, 6) is 0.152. The van der Waals surface area contributed by atoms with Crippen LogP contribution >= 0.6 is 12.4 Å². The zero-order valence-electron chi connectivity index (χ0n) is 15.8. The van der Waals surface area contributed by atoms with Crippen molar-refractivity contribution >= 4 is 29.2 Å². The molecule has 0 saturated heterocycles. The molecule has 1 aromatic heterocycles. The molecule has 3 aromatic rings. The van der Waals surface area contributed by atoms with Crippen LogP contribution in [0.25, 0.3) is 10.9 Å². The van der Waals surface area contributed by atoms with E-state index in [4.69, 9.17) is 5.73 Å². The normalized spacial score (nSPS) is 14.2. The Morgan fingerprint density at radius 1 is 1.11 bits per heavy atom. The number of rotatable bonds is 7. The number of carbonyl (C=O) groups is 1. The molecule has 2 aromatic carbocycles. The van der Waals surface area contributed by atoms with Gasteiger partial charge in [-0.1, -0.05) is 68.8 Å². The fourth-order valence-corrected chi connectivity index (χ4v) is 3.31. The van der Waals surface area contributed by atoms with Crippen molar-refractivity contribution in [3.63, 3.8) is 0 Å². The highest BCUT2D eigenvalue weighted by molar-refractivity contribution is 5.85. The van der Waals surface area contributed by atoms with Crippen molar-refractivity contribution < 1.29 is 4.79 Å². The summed E-state index contributed by atoms with van der Waals surface area (Å²) in [6, 6.07) is 18.1. The predicted octanol–water partition coefficient (Wildman–Crippen LogP) is 4.21. The maximum atomic E-state index is 12.5. The molecule has 0 radical (unpaired) electrons. The van der Waals surface area contributed by atoms with Gasteiger partial charge in [-0.05, 0) is 23.1 Å². The first-order valence-corrected chi connectivity index (χ1v) is 9.26. The molecule has 4 nitrogen and oxygen atoms in total. The van der Waals surface area contributed by atoms with E-state index in [2.05, 4.69) is 41.5 Å². The molecule has 3 rings (SSSR count). The van der Waals surface area contributed by atoms with Gasteiger partial charge in [0.05, 0.1) is 6.04 Å². The van der Waals surface area contributed by atoms with E-state index < -0.39 is 6.04 Å². The van der Waals surface area contributed by atoms with Gasteiger partial charge in [-0.3, -0.25) is 4.79 Å². The maximum absolute atomic E-state index is 12.5. The lowest BCUT2D eigenvalue weighted by Gasteiger charge is -2.22. The van der Waals surface area contributed by atoms with E-state index in [-0.39, 0.29) is 30.2 Å². The van der Waals surface area contributed by atoms with E-state index in [1.54, 1.807) is 0 Å². The van der Waals surface area contributed by atoms with E-state index in [1.807, 2.05) is 43.5 Å². The van der Waals surface area contributed by atoms with Crippen molar-refractivity contribution in [1.82, 2.24) is 10.3 Å². The Morgan fingerprint density at radius 3 is 2.48 bits per heavy atom. The molecule has 0 spiro atoms. The summed E-state index contributed by atoms with van der Waals surface area (Å²) in [7, 11) is 0. The molecule has 0 aliphatic rings. The first-order chi connectivity index (χ1) is 12.6. The van der Waals surface area contributed by atoms with Gasteiger partial charge < -0.3 is 16.0 Å². The molecule has 3 unspecified atom stereocenters. The topological polar surface area (TPSA) is 70.9 Å². The first kappa shape index (κ1) is 21.0. The number of hydrogen-bond acceptors (Lipinski definition) is 2. The monoisotopic (exact) mass is 385 g/mol. The van der Waals surface area contributed by atoms with E-state index >= 15 is 0 Å². The van der Waals surface area contributed by atoms with Crippen molar-refractivity contribution in [2.45, 2.75) is 32.2 Å². The number of fused-ring (bicyclic) bond motifs is 1. The number of amides is 1. The SMILES string of the molecule is CCC(C)C(N)C(=O)NCC(c1ccccc1)c1c[nH]c2ccccc12.Cl. The van der Waals surface area contributed by atoms with Gasteiger partial charge in [0.25, 0.3) is 0 Å². The molecule has 0 fully saturated rings. The second kappa shape index (κ2) is 9.58. The smallest absolute Gasteiger partial charge is 0.237 e. The van der Waals surface area contributed by atoms with Crippen molar-refractivity contribution in [3.05, 3.63) is 71.9 Å². The quantitative estimate of drug-likeness (QED) is 0.570. The summed E-state index contributed by atoms with van der Waals surface area (Å²) in [6.07, 6.45) is 2.93. The average Bonchev–Trinajstić information content (AvgIpc) is 3.11. The number of hydrogen-bond donors (Lipinski definition) is 3. The van der Waals surface area contributed by atoms with Crippen molar-refractivity contribution in [2.24, 2.45) is 11.7 Å². The van der Waals surface area contributed by atoms with Crippen molar-refractivity contribution in [2.75, 3.05) is 6.54 Å². The van der Waals surface area contributed by atoms with Gasteiger partial charge >= 0.3 is 0 Å². The Balaban J connectivity index is 0.00000261. The van der Waals surface area contributed by atoms with Gasteiger partial charge in [-0.2, -0.15) is 0 Å². The summed E-state index contributed by atoms with van der Waals surface area (Å²) in [5.41, 5.74) is 9.55. The molecule has 144 valence electrons. The molecular weight excluding hydrogens is 358 g/mol. The molecular formula is C22H28ClN3O. The van der Waals surface area contributed by atoms with E-state index in [9.17, 15) is 4.79 Å². The largest absolute Gasteiger partial charge is 0.361 e. The molecule has 4 N–H and O–H groups in total. The Bertz CT molecular complexity index is 862. The van der Waals surface area contributed by atoms with Crippen LogP contribution in [0.5, 0.6) is 0 Å². The number of aromatic nitrogens is 1. The Kier molecular flexibility index (Phi) is 7.45. The number of nitrogens with one attached hydrogen (secondary N) is 2. The van der Waals surface area contributed by atoms with Gasteiger partial charge in [0.15, 0.2) is 0 Å². The molecule has 3 atom stereocenters. The summed E-state index contributed by atoms with van der Waals surface area (Å²) < 4.78 is 0. The summed E-state index contributed by atoms with van der Waals surface area (Å²) >= 11 is 0. The van der Waals surface area contributed by atoms with E-state index in [0.29, 0.717) is 6.54 Å². The number of benzene rings is 2. The van der Waals surface area contributed by atoms with E-state index in [1.165, 1.54) is 16.5 Å². The number of halogens is 1. The van der Waals surface area contributed by atoms with Crippen LogP contribution in [-0.2, 0) is 4.79 Å². The van der Waals surface area contributed by atoms with Crippen molar-refractivity contribution in [3.8, 4) is 0 Å². The number of nitrogens with two attached hydrogens (primary N) is 1.